The number of sulfonamides is 1. The van der Waals surface area contributed by atoms with Gasteiger partial charge in [-0.1, -0.05) is 51.1 Å². The minimum atomic E-state index is -4.37. The Kier molecular flexibility index (Phi) is 10.0. The van der Waals surface area contributed by atoms with Gasteiger partial charge < -0.3 is 19.9 Å². The lowest BCUT2D eigenvalue weighted by atomic mass is 9.86. The van der Waals surface area contributed by atoms with Crippen LogP contribution in [0.3, 0.4) is 0 Å². The van der Waals surface area contributed by atoms with E-state index in [0.717, 1.165) is 18.0 Å². The molecular weight excluding hydrogens is 765 g/mol. The average molecular weight is 821 g/mol. The van der Waals surface area contributed by atoms with Crippen molar-refractivity contribution in [2.24, 2.45) is 17.8 Å². The molecule has 4 amide bonds. The maximum Gasteiger partial charge on any atom is 0.408 e. The Morgan fingerprint density at radius 1 is 1.18 bits per heavy atom. The minimum absolute atomic E-state index is 0.0568. The number of benzene rings is 1. The highest BCUT2D eigenvalue weighted by Crippen LogP contribution is 2.51. The molecule has 3 unspecified atom stereocenters. The van der Waals surface area contributed by atoms with Crippen molar-refractivity contribution in [3.63, 3.8) is 0 Å². The maximum atomic E-state index is 17.7. The third kappa shape index (κ3) is 7.40. The van der Waals surface area contributed by atoms with Crippen LogP contribution in [0.4, 0.5) is 13.6 Å². The standard InChI is InChI=1S/C40H53F2N5O9S/c1-8-25(4)46(36(51)52)31-24(3)19-23(2)13-9-10-14-26-20-39(26,35(50)45-57(53,54)37(5)17-18-37)44-32(48)29-21-38(6,40(41,42)47(29)34(31)49)56-33-28-16-12-11-15-27(28)30(55-7)22-43-33/h10-12,14-16,22-26,29,31H,8-9,13,17-21H2,1-7H3,(H,44,48)(H,45,50)(H,51,52)/b14-10-/t23-,24-,25?,26?,29+,31+,38-,39?/m1/s1/i7D3. The summed E-state index contributed by atoms with van der Waals surface area (Å²) < 4.78 is 96.6. The Hall–Kier alpha value is -4.54. The second-order valence-electron chi connectivity index (χ2n) is 16.7. The number of alkyl halides is 2. The van der Waals surface area contributed by atoms with Gasteiger partial charge in [-0.2, -0.15) is 8.78 Å². The number of nitrogens with zero attached hydrogens (tertiary/aromatic N) is 3. The fourth-order valence-corrected chi connectivity index (χ4v) is 9.61. The molecule has 1 aromatic carbocycles. The van der Waals surface area contributed by atoms with Gasteiger partial charge in [0.25, 0.3) is 11.8 Å². The molecule has 3 N–H and O–H groups in total. The topological polar surface area (TPSA) is 185 Å². The molecule has 1 aromatic heterocycles. The van der Waals surface area contributed by atoms with Crippen molar-refractivity contribution in [1.29, 1.82) is 0 Å². The lowest BCUT2D eigenvalue weighted by Crippen LogP contribution is -2.64. The molecule has 1 saturated heterocycles. The average Bonchev–Trinajstić information content (AvgIpc) is 4.06. The van der Waals surface area contributed by atoms with E-state index >= 15 is 13.6 Å². The zero-order valence-corrected chi connectivity index (χ0v) is 33.7. The van der Waals surface area contributed by atoms with E-state index < -0.39 is 105 Å². The monoisotopic (exact) mass is 820 g/mol. The fourth-order valence-electron chi connectivity index (χ4n) is 8.30. The first-order chi connectivity index (χ1) is 27.8. The highest BCUT2D eigenvalue weighted by Gasteiger charge is 2.71. The molecule has 14 nitrogen and oxygen atoms in total. The van der Waals surface area contributed by atoms with E-state index in [2.05, 4.69) is 15.0 Å². The first-order valence-corrected chi connectivity index (χ1v) is 20.8. The second kappa shape index (κ2) is 15.0. The second-order valence-corrected chi connectivity index (χ2v) is 18.9. The molecule has 17 heteroatoms. The van der Waals surface area contributed by atoms with Crippen LogP contribution in [0.25, 0.3) is 10.8 Å². The van der Waals surface area contributed by atoms with Gasteiger partial charge in [0.15, 0.2) is 5.60 Å². The zero-order valence-electron chi connectivity index (χ0n) is 35.9. The maximum absolute atomic E-state index is 17.7. The summed E-state index contributed by atoms with van der Waals surface area (Å²) >= 11 is 0. The largest absolute Gasteiger partial charge is 0.494 e. The van der Waals surface area contributed by atoms with Crippen molar-refractivity contribution in [2.75, 3.05) is 7.04 Å². The zero-order chi connectivity index (χ0) is 44.4. The number of allylic oxidation sites excluding steroid dienone is 1. The lowest BCUT2D eigenvalue weighted by molar-refractivity contribution is -0.219. The summed E-state index contributed by atoms with van der Waals surface area (Å²) in [7, 11) is -7.08. The van der Waals surface area contributed by atoms with E-state index in [1.54, 1.807) is 39.0 Å². The SMILES string of the molecule is [2H]C([2H])([2H])Oc1cnc(O[C@]2(C)C[C@H]3C(=O)NC4(C(=O)NS(=O)(=O)C5(C)CC5)CC4/C=C\CC[C@@H](C)C[C@@H](C)[C@H](N(C(=O)O)C(C)CC)C(=O)N3C2(F)F)c2ccccc12. The summed E-state index contributed by atoms with van der Waals surface area (Å²) in [6.45, 7) is 9.20. The highest BCUT2D eigenvalue weighted by molar-refractivity contribution is 7.91. The number of amides is 4. The van der Waals surface area contributed by atoms with Crippen LogP contribution < -0.4 is 19.5 Å². The number of ether oxygens (including phenoxy) is 2. The van der Waals surface area contributed by atoms with Crippen LogP contribution in [0.5, 0.6) is 11.6 Å². The van der Waals surface area contributed by atoms with Crippen LogP contribution in [0, 0.1) is 17.8 Å². The molecule has 0 radical (unpaired) electrons. The third-order valence-electron chi connectivity index (χ3n) is 12.5. The molecule has 2 saturated carbocycles. The van der Waals surface area contributed by atoms with Gasteiger partial charge in [0.1, 0.15) is 23.4 Å². The number of carbonyl (C=O) groups excluding carboxylic acids is 3. The first kappa shape index (κ1) is 38.0. The highest BCUT2D eigenvalue weighted by atomic mass is 32.2. The number of fused-ring (bicyclic) bond motifs is 3. The van der Waals surface area contributed by atoms with Gasteiger partial charge in [0.2, 0.25) is 21.8 Å². The number of aromatic nitrogens is 1. The molecule has 0 spiro atoms. The van der Waals surface area contributed by atoms with E-state index in [9.17, 15) is 27.9 Å². The summed E-state index contributed by atoms with van der Waals surface area (Å²) in [5.41, 5.74) is -4.64. The van der Waals surface area contributed by atoms with Crippen LogP contribution >= 0.6 is 0 Å². The number of nitrogens with one attached hydrogen (secondary N) is 2. The number of hydrogen-bond acceptors (Lipinski definition) is 9. The Labute approximate surface area is 336 Å². The molecule has 0 bridgehead atoms. The van der Waals surface area contributed by atoms with Gasteiger partial charge in [0.05, 0.1) is 22.1 Å². The van der Waals surface area contributed by atoms with Crippen LogP contribution in [0.1, 0.15) is 97.0 Å². The molecule has 2 aromatic rings. The van der Waals surface area contributed by atoms with Crippen molar-refractivity contribution in [3.05, 3.63) is 42.6 Å². The Bertz CT molecular complexity index is 2190. The molecule has 2 aliphatic heterocycles. The molecule has 57 heavy (non-hydrogen) atoms. The Morgan fingerprint density at radius 2 is 1.86 bits per heavy atom. The summed E-state index contributed by atoms with van der Waals surface area (Å²) in [4.78, 5) is 61.8. The smallest absolute Gasteiger partial charge is 0.408 e. The van der Waals surface area contributed by atoms with E-state index in [1.165, 1.54) is 25.1 Å². The van der Waals surface area contributed by atoms with Crippen LogP contribution in [0.2, 0.25) is 0 Å². The van der Waals surface area contributed by atoms with Gasteiger partial charge in [0, 0.05) is 29.2 Å². The van der Waals surface area contributed by atoms with Crippen molar-refractivity contribution in [1.82, 2.24) is 24.8 Å². The van der Waals surface area contributed by atoms with Crippen molar-refractivity contribution < 1.29 is 55.1 Å². The third-order valence-corrected chi connectivity index (χ3v) is 14.6. The molecule has 8 atom stereocenters. The number of rotatable bonds is 9. The van der Waals surface area contributed by atoms with Crippen LogP contribution in [0.15, 0.2) is 42.6 Å². The van der Waals surface area contributed by atoms with E-state index in [-0.39, 0.29) is 46.6 Å². The lowest BCUT2D eigenvalue weighted by Gasteiger charge is -2.42. The molecule has 312 valence electrons. The summed E-state index contributed by atoms with van der Waals surface area (Å²) in [5.74, 6) is -5.90. The van der Waals surface area contributed by atoms with E-state index in [1.807, 2.05) is 6.92 Å². The number of carbonyl (C=O) groups is 4. The number of methoxy groups -OCH3 is 1. The molecule has 4 aliphatic rings. The number of pyridine rings is 1. The van der Waals surface area contributed by atoms with Crippen molar-refractivity contribution in [3.8, 4) is 11.6 Å². The molecule has 6 rings (SSSR count). The van der Waals surface area contributed by atoms with Crippen molar-refractivity contribution in [2.45, 2.75) is 133 Å². The normalized spacial score (nSPS) is 33.0. The Morgan fingerprint density at radius 3 is 2.49 bits per heavy atom. The first-order valence-electron chi connectivity index (χ1n) is 20.8. The van der Waals surface area contributed by atoms with E-state index in [0.29, 0.717) is 25.7 Å². The van der Waals surface area contributed by atoms with Gasteiger partial charge in [-0.3, -0.25) is 28.9 Å². The fraction of sp³-hybridized carbons (Fsp3) is 0.625. The molecule has 2 aliphatic carbocycles. The van der Waals surface area contributed by atoms with Gasteiger partial charge >= 0.3 is 12.1 Å². The summed E-state index contributed by atoms with van der Waals surface area (Å²) in [6, 6.07) is -2.98. The molecule has 3 heterocycles. The van der Waals surface area contributed by atoms with Crippen LogP contribution in [-0.2, 0) is 24.4 Å². The van der Waals surface area contributed by atoms with E-state index in [4.69, 9.17) is 13.6 Å². The quantitative estimate of drug-likeness (QED) is 0.212. The van der Waals surface area contributed by atoms with Gasteiger partial charge in [-0.15, -0.1) is 0 Å². The summed E-state index contributed by atoms with van der Waals surface area (Å²) in [5, 5.41) is 13.3. The number of carboxylic acid groups (broad SMARTS) is 1. The van der Waals surface area contributed by atoms with Crippen LogP contribution in [-0.4, -0.2) is 99.2 Å². The predicted molar refractivity (Wildman–Crippen MR) is 206 cm³/mol. The van der Waals surface area contributed by atoms with Gasteiger partial charge in [-0.25, -0.2) is 18.2 Å². The van der Waals surface area contributed by atoms with Crippen molar-refractivity contribution >= 4 is 44.6 Å². The summed E-state index contributed by atoms with van der Waals surface area (Å²) in [6.07, 6.45) is 4.15. The Balaban J connectivity index is 1.48. The number of halogens is 2. The predicted octanol–water partition coefficient (Wildman–Crippen LogP) is 5.61. The molecular formula is C40H53F2N5O9S. The molecule has 3 fully saturated rings. The minimum Gasteiger partial charge on any atom is -0.494 e. The number of hydrogen-bond donors (Lipinski definition) is 3. The van der Waals surface area contributed by atoms with Gasteiger partial charge in [-0.05, 0) is 83.6 Å².